The number of hydrogen-bond acceptors (Lipinski definition) is 3. The first-order chi connectivity index (χ1) is 7.29. The molecule has 2 N–H and O–H groups in total. The van der Waals surface area contributed by atoms with Crippen LogP contribution in [-0.2, 0) is 0 Å². The molecule has 0 aromatic carbocycles. The molecule has 0 bridgehead atoms. The lowest BCUT2D eigenvalue weighted by molar-refractivity contribution is -0.136. The fourth-order valence-corrected chi connectivity index (χ4v) is 1.29. The van der Waals surface area contributed by atoms with Gasteiger partial charge in [0.15, 0.2) is 0 Å². The van der Waals surface area contributed by atoms with Gasteiger partial charge >= 0.3 is 6.18 Å². The van der Waals surface area contributed by atoms with Crippen molar-refractivity contribution in [2.24, 2.45) is 0 Å². The SMILES string of the molecule is CC(CC(F)(F)F)Nc1cn[nH]c(=O)c1Cl. The highest BCUT2D eigenvalue weighted by Crippen LogP contribution is 2.24. The van der Waals surface area contributed by atoms with Crippen LogP contribution in [0.4, 0.5) is 18.9 Å². The second-order valence-electron chi connectivity index (χ2n) is 3.29. The fraction of sp³-hybridized carbons (Fsp3) is 0.500. The monoisotopic (exact) mass is 255 g/mol. The minimum atomic E-state index is -4.27. The predicted molar refractivity (Wildman–Crippen MR) is 53.6 cm³/mol. The largest absolute Gasteiger partial charge is 0.391 e. The number of rotatable bonds is 3. The lowest BCUT2D eigenvalue weighted by Gasteiger charge is -2.16. The van der Waals surface area contributed by atoms with Gasteiger partial charge in [-0.3, -0.25) is 4.79 Å². The van der Waals surface area contributed by atoms with E-state index in [1.54, 1.807) is 0 Å². The number of anilines is 1. The summed E-state index contributed by atoms with van der Waals surface area (Å²) in [5.74, 6) is 0. The Balaban J connectivity index is 2.74. The number of aromatic amines is 1. The second-order valence-corrected chi connectivity index (χ2v) is 3.67. The number of aromatic nitrogens is 2. The molecule has 0 spiro atoms. The van der Waals surface area contributed by atoms with Gasteiger partial charge in [-0.25, -0.2) is 5.10 Å². The summed E-state index contributed by atoms with van der Waals surface area (Å²) in [7, 11) is 0. The minimum Gasteiger partial charge on any atom is -0.380 e. The minimum absolute atomic E-state index is 0.0853. The quantitative estimate of drug-likeness (QED) is 0.870. The van der Waals surface area contributed by atoms with E-state index in [1.807, 2.05) is 0 Å². The van der Waals surface area contributed by atoms with Gasteiger partial charge in [0.1, 0.15) is 5.02 Å². The number of hydrogen-bond donors (Lipinski definition) is 2. The first-order valence-corrected chi connectivity index (χ1v) is 4.74. The summed E-state index contributed by atoms with van der Waals surface area (Å²) in [5.41, 5.74) is -0.562. The van der Waals surface area contributed by atoms with Gasteiger partial charge in [0.05, 0.1) is 18.3 Å². The van der Waals surface area contributed by atoms with E-state index < -0.39 is 24.2 Å². The third-order valence-corrected chi connectivity index (χ3v) is 2.11. The van der Waals surface area contributed by atoms with E-state index in [-0.39, 0.29) is 10.7 Å². The van der Waals surface area contributed by atoms with Crippen molar-refractivity contribution in [1.82, 2.24) is 10.2 Å². The zero-order chi connectivity index (χ0) is 12.3. The molecule has 0 saturated heterocycles. The maximum Gasteiger partial charge on any atom is 0.391 e. The standard InChI is InChI=1S/C8H9ClF3N3O/c1-4(2-8(10,11)12)14-5-3-13-15-7(16)6(5)9/h3-4H,2H2,1H3,(H2,14,15,16). The van der Waals surface area contributed by atoms with Gasteiger partial charge in [0, 0.05) is 6.04 Å². The van der Waals surface area contributed by atoms with Crippen LogP contribution in [0, 0.1) is 0 Å². The molecule has 1 aromatic heterocycles. The molecule has 0 aliphatic rings. The summed E-state index contributed by atoms with van der Waals surface area (Å²) < 4.78 is 36.1. The van der Waals surface area contributed by atoms with Gasteiger partial charge in [-0.05, 0) is 6.92 Å². The molecule has 0 fully saturated rings. The zero-order valence-electron chi connectivity index (χ0n) is 8.23. The molecule has 16 heavy (non-hydrogen) atoms. The Morgan fingerprint density at radius 2 is 2.25 bits per heavy atom. The van der Waals surface area contributed by atoms with E-state index in [4.69, 9.17) is 11.6 Å². The van der Waals surface area contributed by atoms with Crippen LogP contribution < -0.4 is 10.9 Å². The predicted octanol–water partition coefficient (Wildman–Crippen LogP) is 2.18. The summed E-state index contributed by atoms with van der Waals surface area (Å²) in [6, 6.07) is -0.888. The fourth-order valence-electron chi connectivity index (χ4n) is 1.15. The van der Waals surface area contributed by atoms with E-state index in [9.17, 15) is 18.0 Å². The molecule has 0 aliphatic carbocycles. The molecule has 1 aromatic rings. The topological polar surface area (TPSA) is 57.8 Å². The number of nitrogens with one attached hydrogen (secondary N) is 2. The Bertz CT molecular complexity index is 418. The molecule has 0 saturated carbocycles. The Hall–Kier alpha value is -1.24. The summed E-state index contributed by atoms with van der Waals surface area (Å²) in [5, 5.41) is 7.76. The molecule has 1 rings (SSSR count). The average molecular weight is 256 g/mol. The highest BCUT2D eigenvalue weighted by atomic mass is 35.5. The van der Waals surface area contributed by atoms with Crippen LogP contribution in [0.3, 0.4) is 0 Å². The van der Waals surface area contributed by atoms with Gasteiger partial charge < -0.3 is 5.32 Å². The van der Waals surface area contributed by atoms with Crippen molar-refractivity contribution in [3.05, 3.63) is 21.6 Å². The molecular weight excluding hydrogens is 247 g/mol. The Labute approximate surface area is 93.8 Å². The van der Waals surface area contributed by atoms with Crippen LogP contribution in [-0.4, -0.2) is 22.4 Å². The molecule has 0 amide bonds. The molecule has 1 atom stereocenters. The third kappa shape index (κ3) is 3.73. The van der Waals surface area contributed by atoms with Crippen molar-refractivity contribution in [2.45, 2.75) is 25.6 Å². The number of alkyl halides is 3. The molecular formula is C8H9ClF3N3O. The Morgan fingerprint density at radius 1 is 1.62 bits per heavy atom. The van der Waals surface area contributed by atoms with E-state index in [0.717, 1.165) is 6.20 Å². The maximum atomic E-state index is 12.0. The number of nitrogens with zero attached hydrogens (tertiary/aromatic N) is 1. The first kappa shape index (κ1) is 12.8. The van der Waals surface area contributed by atoms with Crippen molar-refractivity contribution < 1.29 is 13.2 Å². The smallest absolute Gasteiger partial charge is 0.380 e. The van der Waals surface area contributed by atoms with Gasteiger partial charge in [0.25, 0.3) is 5.56 Å². The van der Waals surface area contributed by atoms with Crippen LogP contribution in [0.15, 0.2) is 11.0 Å². The van der Waals surface area contributed by atoms with Gasteiger partial charge in [-0.15, -0.1) is 0 Å². The summed E-state index contributed by atoms with van der Waals surface area (Å²) >= 11 is 5.58. The van der Waals surface area contributed by atoms with Crippen LogP contribution in [0.5, 0.6) is 0 Å². The van der Waals surface area contributed by atoms with Crippen LogP contribution in [0.2, 0.25) is 5.02 Å². The zero-order valence-corrected chi connectivity index (χ0v) is 8.99. The van der Waals surface area contributed by atoms with Gasteiger partial charge in [0.2, 0.25) is 0 Å². The molecule has 90 valence electrons. The molecule has 0 radical (unpaired) electrons. The van der Waals surface area contributed by atoms with E-state index in [0.29, 0.717) is 0 Å². The van der Waals surface area contributed by atoms with Crippen molar-refractivity contribution in [2.75, 3.05) is 5.32 Å². The Morgan fingerprint density at radius 3 is 2.81 bits per heavy atom. The highest BCUT2D eigenvalue weighted by molar-refractivity contribution is 6.32. The van der Waals surface area contributed by atoms with Crippen molar-refractivity contribution >= 4 is 17.3 Å². The van der Waals surface area contributed by atoms with Crippen molar-refractivity contribution in [3.8, 4) is 0 Å². The normalized spacial score (nSPS) is 13.6. The van der Waals surface area contributed by atoms with E-state index >= 15 is 0 Å². The lowest BCUT2D eigenvalue weighted by Crippen LogP contribution is -2.25. The second kappa shape index (κ2) is 4.73. The third-order valence-electron chi connectivity index (χ3n) is 1.74. The average Bonchev–Trinajstić information content (AvgIpc) is 2.09. The molecule has 0 aliphatic heterocycles. The summed E-state index contributed by atoms with van der Waals surface area (Å²) in [6.45, 7) is 1.34. The number of halogens is 4. The lowest BCUT2D eigenvalue weighted by atomic mass is 10.2. The van der Waals surface area contributed by atoms with E-state index in [2.05, 4.69) is 15.5 Å². The maximum absolute atomic E-state index is 12.0. The summed E-state index contributed by atoms with van der Waals surface area (Å²) in [4.78, 5) is 11.0. The molecule has 1 heterocycles. The number of H-pyrrole nitrogens is 1. The summed E-state index contributed by atoms with van der Waals surface area (Å²) in [6.07, 6.45) is -4.12. The molecule has 1 unspecified atom stereocenters. The molecule has 4 nitrogen and oxygen atoms in total. The molecule has 8 heteroatoms. The highest BCUT2D eigenvalue weighted by Gasteiger charge is 2.30. The van der Waals surface area contributed by atoms with Gasteiger partial charge in [-0.2, -0.15) is 18.3 Å². The van der Waals surface area contributed by atoms with Crippen LogP contribution in [0.25, 0.3) is 0 Å². The van der Waals surface area contributed by atoms with Crippen molar-refractivity contribution in [1.29, 1.82) is 0 Å². The van der Waals surface area contributed by atoms with Crippen molar-refractivity contribution in [3.63, 3.8) is 0 Å². The Kier molecular flexibility index (Phi) is 3.79. The van der Waals surface area contributed by atoms with Crippen LogP contribution >= 0.6 is 11.6 Å². The van der Waals surface area contributed by atoms with Gasteiger partial charge in [-0.1, -0.05) is 11.6 Å². The first-order valence-electron chi connectivity index (χ1n) is 4.36. The van der Waals surface area contributed by atoms with E-state index in [1.165, 1.54) is 6.92 Å². The van der Waals surface area contributed by atoms with Crippen LogP contribution in [0.1, 0.15) is 13.3 Å².